The van der Waals surface area contributed by atoms with Crippen molar-refractivity contribution in [1.82, 2.24) is 9.80 Å². The number of morpholine rings is 1. The fourth-order valence-corrected chi connectivity index (χ4v) is 4.38. The normalized spacial score (nSPS) is 19.0. The van der Waals surface area contributed by atoms with E-state index in [1.54, 1.807) is 0 Å². The van der Waals surface area contributed by atoms with Crippen LogP contribution in [0.15, 0.2) is 42.5 Å². The lowest BCUT2D eigenvalue weighted by Gasteiger charge is -2.33. The number of carbonyl (C=O) groups excluding carboxylic acids is 2. The summed E-state index contributed by atoms with van der Waals surface area (Å²) >= 11 is 0. The molecule has 2 heterocycles. The summed E-state index contributed by atoms with van der Waals surface area (Å²) < 4.78 is 11.3. The van der Waals surface area contributed by atoms with E-state index >= 15 is 0 Å². The molecule has 0 spiro atoms. The Bertz CT molecular complexity index is 951. The molecule has 0 bridgehead atoms. The average Bonchev–Trinajstić information content (AvgIpc) is 2.84. The van der Waals surface area contributed by atoms with Crippen molar-refractivity contribution in [1.29, 1.82) is 0 Å². The summed E-state index contributed by atoms with van der Waals surface area (Å²) in [5.74, 6) is 1.20. The van der Waals surface area contributed by atoms with E-state index in [-0.39, 0.29) is 11.8 Å². The van der Waals surface area contributed by atoms with E-state index in [1.165, 1.54) is 0 Å². The zero-order valence-electron chi connectivity index (χ0n) is 19.0. The first-order valence-corrected chi connectivity index (χ1v) is 11.5. The van der Waals surface area contributed by atoms with Crippen molar-refractivity contribution in [3.05, 3.63) is 64.7 Å². The number of piperidine rings is 1. The average molecular weight is 437 g/mol. The summed E-state index contributed by atoms with van der Waals surface area (Å²) in [5.41, 5.74) is 3.59. The van der Waals surface area contributed by atoms with E-state index < -0.39 is 0 Å². The quantitative estimate of drug-likeness (QED) is 0.717. The summed E-state index contributed by atoms with van der Waals surface area (Å²) in [5, 5.41) is 0. The second-order valence-corrected chi connectivity index (χ2v) is 8.82. The molecule has 1 unspecified atom stereocenters. The Hall–Kier alpha value is -2.86. The standard InChI is InChI=1S/C26H32N2O4/c1-19-5-6-20(2)24(16-19)26(30)28-11-3-4-21(17-28)18-32-23-9-7-22(8-10-23)25(29)27-12-14-31-15-13-27/h5-10,16,21H,3-4,11-15,17-18H2,1-2H3. The van der Waals surface area contributed by atoms with Crippen molar-refractivity contribution in [3.8, 4) is 5.75 Å². The molecule has 2 saturated heterocycles. The topological polar surface area (TPSA) is 59.1 Å². The van der Waals surface area contributed by atoms with Gasteiger partial charge in [0.2, 0.25) is 0 Å². The number of hydrogen-bond donors (Lipinski definition) is 0. The number of carbonyl (C=O) groups is 2. The third-order valence-corrected chi connectivity index (χ3v) is 6.31. The molecule has 2 amide bonds. The van der Waals surface area contributed by atoms with E-state index in [1.807, 2.05) is 66.1 Å². The highest BCUT2D eigenvalue weighted by Gasteiger charge is 2.26. The summed E-state index contributed by atoms with van der Waals surface area (Å²) in [6.07, 6.45) is 2.03. The molecule has 170 valence electrons. The maximum absolute atomic E-state index is 13.1. The summed E-state index contributed by atoms with van der Waals surface area (Å²) in [6, 6.07) is 13.4. The minimum Gasteiger partial charge on any atom is -0.493 e. The van der Waals surface area contributed by atoms with Gasteiger partial charge < -0.3 is 19.3 Å². The molecular weight excluding hydrogens is 404 g/mol. The number of ether oxygens (including phenoxy) is 2. The van der Waals surface area contributed by atoms with Crippen molar-refractivity contribution in [2.75, 3.05) is 46.0 Å². The molecular formula is C26H32N2O4. The zero-order valence-corrected chi connectivity index (χ0v) is 19.0. The van der Waals surface area contributed by atoms with E-state index in [2.05, 4.69) is 0 Å². The number of aryl methyl sites for hydroxylation is 2. The SMILES string of the molecule is Cc1ccc(C)c(C(=O)N2CCCC(COc3ccc(C(=O)N4CCOCC4)cc3)C2)c1. The van der Waals surface area contributed by atoms with Gasteiger partial charge in [0, 0.05) is 43.2 Å². The molecule has 2 aliphatic heterocycles. The fraction of sp³-hybridized carbons (Fsp3) is 0.462. The maximum atomic E-state index is 13.1. The molecule has 2 aliphatic rings. The minimum absolute atomic E-state index is 0.0349. The van der Waals surface area contributed by atoms with Gasteiger partial charge in [0.25, 0.3) is 11.8 Å². The van der Waals surface area contributed by atoms with Crippen molar-refractivity contribution >= 4 is 11.8 Å². The number of benzene rings is 2. The molecule has 2 aromatic rings. The Kier molecular flexibility index (Phi) is 7.10. The predicted octanol–water partition coefficient (Wildman–Crippen LogP) is 3.71. The molecule has 2 fully saturated rings. The number of nitrogens with zero attached hydrogens (tertiary/aromatic N) is 2. The molecule has 4 rings (SSSR count). The van der Waals surface area contributed by atoms with Gasteiger partial charge >= 0.3 is 0 Å². The van der Waals surface area contributed by atoms with Gasteiger partial charge in [-0.1, -0.05) is 17.7 Å². The molecule has 6 heteroatoms. The monoisotopic (exact) mass is 436 g/mol. The molecule has 2 aromatic carbocycles. The minimum atomic E-state index is 0.0349. The van der Waals surface area contributed by atoms with Crippen molar-refractivity contribution < 1.29 is 19.1 Å². The third kappa shape index (κ3) is 5.30. The highest BCUT2D eigenvalue weighted by Crippen LogP contribution is 2.22. The number of likely N-dealkylation sites (tertiary alicyclic amines) is 1. The molecule has 32 heavy (non-hydrogen) atoms. The molecule has 0 aliphatic carbocycles. The number of hydrogen-bond acceptors (Lipinski definition) is 4. The van der Waals surface area contributed by atoms with Gasteiger partial charge in [0.1, 0.15) is 5.75 Å². The first-order chi connectivity index (χ1) is 15.5. The molecule has 1 atom stereocenters. The first-order valence-electron chi connectivity index (χ1n) is 11.5. The van der Waals surface area contributed by atoms with Gasteiger partial charge in [-0.2, -0.15) is 0 Å². The fourth-order valence-electron chi connectivity index (χ4n) is 4.38. The lowest BCUT2D eigenvalue weighted by Crippen LogP contribution is -2.41. The van der Waals surface area contributed by atoms with Crippen molar-refractivity contribution in [2.24, 2.45) is 5.92 Å². The van der Waals surface area contributed by atoms with Crippen LogP contribution in [0.25, 0.3) is 0 Å². The highest BCUT2D eigenvalue weighted by atomic mass is 16.5. The zero-order chi connectivity index (χ0) is 22.5. The van der Waals surface area contributed by atoms with Crippen LogP contribution in [0.2, 0.25) is 0 Å². The molecule has 0 N–H and O–H groups in total. The van der Waals surface area contributed by atoms with Crippen LogP contribution in [-0.4, -0.2) is 67.6 Å². The lowest BCUT2D eigenvalue weighted by molar-refractivity contribution is 0.0303. The van der Waals surface area contributed by atoms with Crippen molar-refractivity contribution in [3.63, 3.8) is 0 Å². The van der Waals surface area contributed by atoms with Gasteiger partial charge in [0.15, 0.2) is 0 Å². The van der Waals surface area contributed by atoms with Crippen LogP contribution in [0, 0.1) is 19.8 Å². The van der Waals surface area contributed by atoms with E-state index in [4.69, 9.17) is 9.47 Å². The summed E-state index contributed by atoms with van der Waals surface area (Å²) in [6.45, 7) is 8.53. The van der Waals surface area contributed by atoms with E-state index in [0.29, 0.717) is 50.9 Å². The van der Waals surface area contributed by atoms with Crippen LogP contribution >= 0.6 is 0 Å². The molecule has 0 saturated carbocycles. The van der Waals surface area contributed by atoms with Gasteiger partial charge in [0.05, 0.1) is 19.8 Å². The smallest absolute Gasteiger partial charge is 0.254 e. The largest absolute Gasteiger partial charge is 0.493 e. The Morgan fingerprint density at radius 3 is 2.47 bits per heavy atom. The Morgan fingerprint density at radius 2 is 1.72 bits per heavy atom. The third-order valence-electron chi connectivity index (χ3n) is 6.31. The maximum Gasteiger partial charge on any atom is 0.254 e. The van der Waals surface area contributed by atoms with E-state index in [9.17, 15) is 9.59 Å². The molecule has 0 radical (unpaired) electrons. The number of rotatable bonds is 5. The van der Waals surface area contributed by atoms with Gasteiger partial charge in [-0.3, -0.25) is 9.59 Å². The lowest BCUT2D eigenvalue weighted by atomic mass is 9.97. The van der Waals surface area contributed by atoms with Crippen LogP contribution in [-0.2, 0) is 4.74 Å². The van der Waals surface area contributed by atoms with Gasteiger partial charge in [-0.15, -0.1) is 0 Å². The van der Waals surface area contributed by atoms with Crippen LogP contribution < -0.4 is 4.74 Å². The van der Waals surface area contributed by atoms with Gasteiger partial charge in [-0.25, -0.2) is 0 Å². The molecule has 0 aromatic heterocycles. The van der Waals surface area contributed by atoms with Crippen LogP contribution in [0.4, 0.5) is 0 Å². The van der Waals surface area contributed by atoms with Gasteiger partial charge in [-0.05, 0) is 62.6 Å². The summed E-state index contributed by atoms with van der Waals surface area (Å²) in [4.78, 5) is 29.4. The Morgan fingerprint density at radius 1 is 0.969 bits per heavy atom. The second kappa shape index (κ2) is 10.2. The highest BCUT2D eigenvalue weighted by molar-refractivity contribution is 5.96. The van der Waals surface area contributed by atoms with Crippen LogP contribution in [0.1, 0.15) is 44.7 Å². The Balaban J connectivity index is 1.31. The van der Waals surface area contributed by atoms with Crippen LogP contribution in [0.3, 0.4) is 0 Å². The van der Waals surface area contributed by atoms with Crippen LogP contribution in [0.5, 0.6) is 5.75 Å². The summed E-state index contributed by atoms with van der Waals surface area (Å²) in [7, 11) is 0. The Labute approximate surface area is 190 Å². The number of amides is 2. The van der Waals surface area contributed by atoms with Crippen molar-refractivity contribution in [2.45, 2.75) is 26.7 Å². The molecule has 6 nitrogen and oxygen atoms in total. The predicted molar refractivity (Wildman–Crippen MR) is 123 cm³/mol. The first kappa shape index (κ1) is 22.3. The van der Waals surface area contributed by atoms with E-state index in [0.717, 1.165) is 41.8 Å². The second-order valence-electron chi connectivity index (χ2n) is 8.82.